The molecule has 1 fully saturated rings. The lowest BCUT2D eigenvalue weighted by Gasteiger charge is -2.32. The van der Waals surface area contributed by atoms with Crippen LogP contribution in [0.15, 0.2) is 24.3 Å². The van der Waals surface area contributed by atoms with E-state index in [2.05, 4.69) is 15.2 Å². The fraction of sp³-hybridized carbons (Fsp3) is 0.571. The molecule has 1 aromatic rings. The lowest BCUT2D eigenvalue weighted by molar-refractivity contribution is -0.274. The molecular weight excluding hydrogens is 269 g/mol. The number of benzene rings is 1. The minimum atomic E-state index is -4.63. The van der Waals surface area contributed by atoms with Crippen molar-refractivity contribution in [1.29, 1.82) is 0 Å². The average Bonchev–Trinajstić information content (AvgIpc) is 2.40. The van der Waals surface area contributed by atoms with Gasteiger partial charge in [0, 0.05) is 13.1 Å². The van der Waals surface area contributed by atoms with E-state index in [1.165, 1.54) is 12.1 Å². The highest BCUT2D eigenvalue weighted by atomic mass is 19.4. The molecule has 112 valence electrons. The van der Waals surface area contributed by atoms with E-state index in [0.717, 1.165) is 37.9 Å². The Kier molecular flexibility index (Phi) is 4.88. The zero-order valence-electron chi connectivity index (χ0n) is 11.4. The van der Waals surface area contributed by atoms with Gasteiger partial charge in [-0.05, 0) is 49.9 Å². The highest BCUT2D eigenvalue weighted by Gasteiger charge is 2.31. The van der Waals surface area contributed by atoms with Crippen molar-refractivity contribution in [3.63, 3.8) is 0 Å². The van der Waals surface area contributed by atoms with Crippen LogP contribution in [-0.2, 0) is 6.42 Å². The van der Waals surface area contributed by atoms with E-state index in [1.54, 1.807) is 12.1 Å². The fourth-order valence-corrected chi connectivity index (χ4v) is 2.60. The summed E-state index contributed by atoms with van der Waals surface area (Å²) in [5, 5.41) is 2.18. The maximum atomic E-state index is 12.1. The van der Waals surface area contributed by atoms with Gasteiger partial charge in [-0.2, -0.15) is 0 Å². The second kappa shape index (κ2) is 6.45. The molecule has 1 aliphatic rings. The topological polar surface area (TPSA) is 24.5 Å². The monoisotopic (exact) mass is 288 g/mol. The highest BCUT2D eigenvalue weighted by Crippen LogP contribution is 2.25. The summed E-state index contributed by atoms with van der Waals surface area (Å²) >= 11 is 0. The van der Waals surface area contributed by atoms with Crippen LogP contribution in [0.3, 0.4) is 0 Å². The molecule has 0 spiro atoms. The Morgan fingerprint density at radius 2 is 2.00 bits per heavy atom. The summed E-state index contributed by atoms with van der Waals surface area (Å²) in [7, 11) is 1.91. The number of nitrogens with one attached hydrogen (secondary N) is 1. The van der Waals surface area contributed by atoms with Crippen molar-refractivity contribution in [2.75, 3.05) is 20.1 Å². The predicted octanol–water partition coefficient (Wildman–Crippen LogP) is 2.97. The SMILES string of the molecule is CNN1CCCC(Cc2ccc(OC(F)(F)F)cc2)C1. The summed E-state index contributed by atoms with van der Waals surface area (Å²) in [5.41, 5.74) is 4.19. The van der Waals surface area contributed by atoms with Gasteiger partial charge < -0.3 is 4.74 Å². The van der Waals surface area contributed by atoms with E-state index in [0.29, 0.717) is 5.92 Å². The Balaban J connectivity index is 1.90. The maximum Gasteiger partial charge on any atom is 0.573 e. The van der Waals surface area contributed by atoms with Crippen molar-refractivity contribution in [3.8, 4) is 5.75 Å². The highest BCUT2D eigenvalue weighted by molar-refractivity contribution is 5.27. The third-order valence-corrected chi connectivity index (χ3v) is 3.52. The van der Waals surface area contributed by atoms with Crippen LogP contribution in [0.5, 0.6) is 5.75 Å². The fourth-order valence-electron chi connectivity index (χ4n) is 2.60. The first-order valence-electron chi connectivity index (χ1n) is 6.73. The molecule has 1 atom stereocenters. The Labute approximate surface area is 116 Å². The number of rotatable bonds is 4. The van der Waals surface area contributed by atoms with Gasteiger partial charge >= 0.3 is 6.36 Å². The third-order valence-electron chi connectivity index (χ3n) is 3.52. The molecule has 1 saturated heterocycles. The number of hydrogen-bond acceptors (Lipinski definition) is 3. The van der Waals surface area contributed by atoms with Crippen LogP contribution in [-0.4, -0.2) is 31.5 Å². The molecule has 1 unspecified atom stereocenters. The molecule has 1 heterocycles. The number of nitrogens with zero attached hydrogens (tertiary/aromatic N) is 1. The van der Waals surface area contributed by atoms with E-state index < -0.39 is 6.36 Å². The Morgan fingerprint density at radius 3 is 2.60 bits per heavy atom. The van der Waals surface area contributed by atoms with Gasteiger partial charge in [0.2, 0.25) is 0 Å². The first-order valence-corrected chi connectivity index (χ1v) is 6.73. The summed E-state index contributed by atoms with van der Waals surface area (Å²) in [6, 6.07) is 6.17. The number of hydrazine groups is 1. The summed E-state index contributed by atoms with van der Waals surface area (Å²) in [6.45, 7) is 2.02. The summed E-state index contributed by atoms with van der Waals surface area (Å²) < 4.78 is 40.0. The van der Waals surface area contributed by atoms with E-state index in [-0.39, 0.29) is 5.75 Å². The second-order valence-electron chi connectivity index (χ2n) is 5.07. The molecule has 0 radical (unpaired) electrons. The van der Waals surface area contributed by atoms with Gasteiger partial charge in [-0.15, -0.1) is 13.2 Å². The van der Waals surface area contributed by atoms with Gasteiger partial charge in [-0.3, -0.25) is 5.43 Å². The molecule has 1 aliphatic heterocycles. The first-order chi connectivity index (χ1) is 9.46. The Bertz CT molecular complexity index is 419. The van der Waals surface area contributed by atoms with Crippen LogP contribution < -0.4 is 10.2 Å². The molecule has 6 heteroatoms. The lowest BCUT2D eigenvalue weighted by Crippen LogP contribution is -2.43. The first kappa shape index (κ1) is 15.1. The molecule has 0 aliphatic carbocycles. The van der Waals surface area contributed by atoms with E-state index in [4.69, 9.17) is 0 Å². The van der Waals surface area contributed by atoms with Gasteiger partial charge in [0.15, 0.2) is 0 Å². The average molecular weight is 288 g/mol. The summed E-state index contributed by atoms with van der Waals surface area (Å²) in [4.78, 5) is 0. The standard InChI is InChI=1S/C14H19F3N2O/c1-18-19-8-2-3-12(10-19)9-11-4-6-13(7-5-11)20-14(15,16)17/h4-7,12,18H,2-3,8-10H2,1H3. The maximum absolute atomic E-state index is 12.1. The van der Waals surface area contributed by atoms with Crippen LogP contribution in [0.4, 0.5) is 13.2 Å². The zero-order valence-corrected chi connectivity index (χ0v) is 11.4. The molecule has 1 aromatic carbocycles. The van der Waals surface area contributed by atoms with Crippen molar-refractivity contribution in [1.82, 2.24) is 10.4 Å². The van der Waals surface area contributed by atoms with E-state index >= 15 is 0 Å². The molecule has 0 saturated carbocycles. The molecule has 1 N–H and O–H groups in total. The minimum absolute atomic E-state index is 0.165. The second-order valence-corrected chi connectivity index (χ2v) is 5.07. The Hall–Kier alpha value is -1.27. The number of alkyl halides is 3. The van der Waals surface area contributed by atoms with Gasteiger partial charge in [-0.1, -0.05) is 12.1 Å². The van der Waals surface area contributed by atoms with Gasteiger partial charge in [0.1, 0.15) is 5.75 Å². The van der Waals surface area contributed by atoms with Crippen molar-refractivity contribution in [3.05, 3.63) is 29.8 Å². The van der Waals surface area contributed by atoms with E-state index in [1.807, 2.05) is 7.05 Å². The predicted molar refractivity (Wildman–Crippen MR) is 70.2 cm³/mol. The van der Waals surface area contributed by atoms with Gasteiger partial charge in [-0.25, -0.2) is 5.01 Å². The number of hydrogen-bond donors (Lipinski definition) is 1. The molecule has 0 amide bonds. The number of halogens is 3. The summed E-state index contributed by atoms with van der Waals surface area (Å²) in [6.07, 6.45) is -1.46. The van der Waals surface area contributed by atoms with Crippen LogP contribution in [0.25, 0.3) is 0 Å². The molecule has 0 aromatic heterocycles. The van der Waals surface area contributed by atoms with Crippen molar-refractivity contribution < 1.29 is 17.9 Å². The van der Waals surface area contributed by atoms with Crippen LogP contribution in [0.1, 0.15) is 18.4 Å². The quantitative estimate of drug-likeness (QED) is 0.922. The van der Waals surface area contributed by atoms with Crippen molar-refractivity contribution in [2.24, 2.45) is 5.92 Å². The smallest absolute Gasteiger partial charge is 0.406 e. The number of ether oxygens (including phenoxy) is 1. The van der Waals surface area contributed by atoms with Crippen LogP contribution in [0, 0.1) is 5.92 Å². The molecule has 3 nitrogen and oxygen atoms in total. The van der Waals surface area contributed by atoms with Crippen molar-refractivity contribution in [2.45, 2.75) is 25.6 Å². The Morgan fingerprint density at radius 1 is 1.30 bits per heavy atom. The molecule has 0 bridgehead atoms. The van der Waals surface area contributed by atoms with Crippen molar-refractivity contribution >= 4 is 0 Å². The van der Waals surface area contributed by atoms with Crippen LogP contribution in [0.2, 0.25) is 0 Å². The van der Waals surface area contributed by atoms with Gasteiger partial charge in [0.25, 0.3) is 0 Å². The van der Waals surface area contributed by atoms with Crippen LogP contribution >= 0.6 is 0 Å². The normalized spacial score (nSPS) is 20.9. The van der Waals surface area contributed by atoms with E-state index in [9.17, 15) is 13.2 Å². The molecule has 2 rings (SSSR count). The minimum Gasteiger partial charge on any atom is -0.406 e. The van der Waals surface area contributed by atoms with Gasteiger partial charge in [0.05, 0.1) is 0 Å². The molecule has 20 heavy (non-hydrogen) atoms. The largest absolute Gasteiger partial charge is 0.573 e. The third kappa shape index (κ3) is 4.68. The number of piperidine rings is 1. The summed E-state index contributed by atoms with van der Waals surface area (Å²) in [5.74, 6) is 0.368. The lowest BCUT2D eigenvalue weighted by atomic mass is 9.92. The zero-order chi connectivity index (χ0) is 14.6. The molecular formula is C14H19F3N2O.